The van der Waals surface area contributed by atoms with Crippen LogP contribution in [0.4, 0.5) is 0 Å². The second kappa shape index (κ2) is 13.7. The Kier molecular flexibility index (Phi) is 12.0. The number of guanidine groups is 1. The summed E-state index contributed by atoms with van der Waals surface area (Å²) in [5, 5.41) is 9.43. The van der Waals surface area contributed by atoms with Gasteiger partial charge in [-0.15, -0.1) is 24.0 Å². The Balaban J connectivity index is 0.00000364. The second-order valence-electron chi connectivity index (χ2n) is 6.24. The number of rotatable bonds is 9. The van der Waals surface area contributed by atoms with Crippen LogP contribution in [0.3, 0.4) is 0 Å². The molecule has 1 atom stereocenters. The molecule has 1 unspecified atom stereocenters. The summed E-state index contributed by atoms with van der Waals surface area (Å²) in [4.78, 5) is 16.5. The number of hydrogen-bond donors (Lipinski definition) is 3. The molecule has 0 aromatic heterocycles. The standard InChI is InChI=1S/C19H30N4O3.HI/c1-20-19(21-9-5-10-25-2)23-13-15-6-3-7-16(12-15)18(24)22-14-17-8-4-11-26-17;/h3,6-7,12,17H,4-5,8-11,13-14H2,1-2H3,(H,22,24)(H2,20,21,23);1H. The number of aliphatic imine (C=N–C) groups is 1. The van der Waals surface area contributed by atoms with Crippen molar-refractivity contribution in [2.24, 2.45) is 4.99 Å². The van der Waals surface area contributed by atoms with Crippen LogP contribution < -0.4 is 16.0 Å². The number of nitrogens with zero attached hydrogens (tertiary/aromatic N) is 1. The lowest BCUT2D eigenvalue weighted by Gasteiger charge is -2.13. The highest BCUT2D eigenvalue weighted by molar-refractivity contribution is 14.0. The van der Waals surface area contributed by atoms with Gasteiger partial charge in [-0.05, 0) is 37.0 Å². The molecule has 1 amide bonds. The van der Waals surface area contributed by atoms with Crippen molar-refractivity contribution in [3.63, 3.8) is 0 Å². The van der Waals surface area contributed by atoms with Crippen LogP contribution >= 0.6 is 24.0 Å². The molecule has 1 saturated heterocycles. The van der Waals surface area contributed by atoms with Crippen molar-refractivity contribution in [3.05, 3.63) is 35.4 Å². The van der Waals surface area contributed by atoms with Crippen molar-refractivity contribution in [1.82, 2.24) is 16.0 Å². The van der Waals surface area contributed by atoms with E-state index in [2.05, 4.69) is 20.9 Å². The van der Waals surface area contributed by atoms with Crippen LogP contribution in [0.25, 0.3) is 0 Å². The maximum absolute atomic E-state index is 12.3. The normalized spacial score (nSPS) is 16.5. The molecule has 1 aromatic carbocycles. The molecular weight excluding hydrogens is 459 g/mol. The Hall–Kier alpha value is -1.39. The maximum Gasteiger partial charge on any atom is 0.251 e. The lowest BCUT2D eigenvalue weighted by atomic mass is 10.1. The Labute approximate surface area is 178 Å². The highest BCUT2D eigenvalue weighted by Crippen LogP contribution is 2.11. The third-order valence-corrected chi connectivity index (χ3v) is 4.20. The number of carbonyl (C=O) groups is 1. The van der Waals surface area contributed by atoms with Gasteiger partial charge in [-0.2, -0.15) is 0 Å². The number of benzene rings is 1. The Morgan fingerprint density at radius 2 is 2.19 bits per heavy atom. The number of methoxy groups -OCH3 is 1. The summed E-state index contributed by atoms with van der Waals surface area (Å²) in [7, 11) is 3.43. The third kappa shape index (κ3) is 8.89. The van der Waals surface area contributed by atoms with Crippen molar-refractivity contribution in [3.8, 4) is 0 Å². The molecule has 8 heteroatoms. The van der Waals surface area contributed by atoms with Crippen molar-refractivity contribution in [2.75, 3.05) is 40.5 Å². The molecule has 1 heterocycles. The predicted octanol–water partition coefficient (Wildman–Crippen LogP) is 1.91. The second-order valence-corrected chi connectivity index (χ2v) is 6.24. The molecule has 0 radical (unpaired) electrons. The lowest BCUT2D eigenvalue weighted by molar-refractivity contribution is 0.0857. The van der Waals surface area contributed by atoms with Crippen LogP contribution in [0.2, 0.25) is 0 Å². The molecular formula is C19H31IN4O3. The van der Waals surface area contributed by atoms with Gasteiger partial charge in [0.1, 0.15) is 0 Å². The van der Waals surface area contributed by atoms with E-state index >= 15 is 0 Å². The van der Waals surface area contributed by atoms with E-state index in [1.807, 2.05) is 24.3 Å². The van der Waals surface area contributed by atoms with Gasteiger partial charge >= 0.3 is 0 Å². The zero-order valence-electron chi connectivity index (χ0n) is 16.1. The number of amides is 1. The first-order valence-corrected chi connectivity index (χ1v) is 9.15. The van der Waals surface area contributed by atoms with E-state index < -0.39 is 0 Å². The number of hydrogen-bond acceptors (Lipinski definition) is 4. The molecule has 1 aliphatic heterocycles. The fraction of sp³-hybridized carbons (Fsp3) is 0.579. The Morgan fingerprint density at radius 1 is 1.33 bits per heavy atom. The Bertz CT molecular complexity index is 592. The van der Waals surface area contributed by atoms with Crippen LogP contribution in [-0.2, 0) is 16.0 Å². The highest BCUT2D eigenvalue weighted by atomic mass is 127. The summed E-state index contributed by atoms with van der Waals surface area (Å²) in [5.41, 5.74) is 1.68. The molecule has 2 rings (SSSR count). The monoisotopic (exact) mass is 490 g/mol. The minimum Gasteiger partial charge on any atom is -0.385 e. The van der Waals surface area contributed by atoms with Crippen LogP contribution in [0, 0.1) is 0 Å². The van der Waals surface area contributed by atoms with Gasteiger partial charge in [-0.3, -0.25) is 9.79 Å². The number of nitrogens with one attached hydrogen (secondary N) is 3. The van der Waals surface area contributed by atoms with Crippen LogP contribution in [0.15, 0.2) is 29.3 Å². The van der Waals surface area contributed by atoms with E-state index in [0.29, 0.717) is 25.3 Å². The number of ether oxygens (including phenoxy) is 2. The Morgan fingerprint density at radius 3 is 2.89 bits per heavy atom. The van der Waals surface area contributed by atoms with Gasteiger partial charge in [0, 0.05) is 52.6 Å². The van der Waals surface area contributed by atoms with Gasteiger partial charge in [-0.25, -0.2) is 0 Å². The predicted molar refractivity (Wildman–Crippen MR) is 118 cm³/mol. The number of halogens is 1. The molecule has 0 spiro atoms. The summed E-state index contributed by atoms with van der Waals surface area (Å²) < 4.78 is 10.6. The quantitative estimate of drug-likeness (QED) is 0.213. The number of carbonyl (C=O) groups excluding carboxylic acids is 1. The molecule has 1 fully saturated rings. The lowest BCUT2D eigenvalue weighted by Crippen LogP contribution is -2.37. The van der Waals surface area contributed by atoms with E-state index in [1.54, 1.807) is 14.2 Å². The SMILES string of the molecule is CN=C(NCCCOC)NCc1cccc(C(=O)NCC2CCCO2)c1.I. The maximum atomic E-state index is 12.3. The van der Waals surface area contributed by atoms with Crippen LogP contribution in [0.5, 0.6) is 0 Å². The van der Waals surface area contributed by atoms with Crippen molar-refractivity contribution in [2.45, 2.75) is 31.9 Å². The van der Waals surface area contributed by atoms with Crippen LogP contribution in [0.1, 0.15) is 35.2 Å². The van der Waals surface area contributed by atoms with Crippen molar-refractivity contribution < 1.29 is 14.3 Å². The molecule has 152 valence electrons. The van der Waals surface area contributed by atoms with Crippen molar-refractivity contribution >= 4 is 35.8 Å². The smallest absolute Gasteiger partial charge is 0.251 e. The molecule has 3 N–H and O–H groups in total. The molecule has 7 nitrogen and oxygen atoms in total. The summed E-state index contributed by atoms with van der Waals surface area (Å²) in [6.45, 7) is 3.46. The third-order valence-electron chi connectivity index (χ3n) is 4.20. The average Bonchev–Trinajstić information content (AvgIpc) is 3.19. The zero-order valence-corrected chi connectivity index (χ0v) is 18.5. The fourth-order valence-electron chi connectivity index (χ4n) is 2.77. The van der Waals surface area contributed by atoms with E-state index in [-0.39, 0.29) is 36.0 Å². The zero-order chi connectivity index (χ0) is 18.6. The van der Waals surface area contributed by atoms with E-state index in [0.717, 1.165) is 43.9 Å². The van der Waals surface area contributed by atoms with E-state index in [9.17, 15) is 4.79 Å². The molecule has 27 heavy (non-hydrogen) atoms. The first-order chi connectivity index (χ1) is 12.7. The van der Waals surface area contributed by atoms with E-state index in [1.165, 1.54) is 0 Å². The van der Waals surface area contributed by atoms with Gasteiger partial charge in [0.25, 0.3) is 5.91 Å². The topological polar surface area (TPSA) is 84.0 Å². The minimum absolute atomic E-state index is 0. The van der Waals surface area contributed by atoms with Crippen LogP contribution in [-0.4, -0.2) is 58.4 Å². The van der Waals surface area contributed by atoms with Gasteiger partial charge in [0.2, 0.25) is 0 Å². The van der Waals surface area contributed by atoms with Gasteiger partial charge in [-0.1, -0.05) is 12.1 Å². The van der Waals surface area contributed by atoms with Gasteiger partial charge in [0.05, 0.1) is 6.10 Å². The highest BCUT2D eigenvalue weighted by Gasteiger charge is 2.16. The summed E-state index contributed by atoms with van der Waals surface area (Å²) in [5.74, 6) is 0.666. The summed E-state index contributed by atoms with van der Waals surface area (Å²) in [6, 6.07) is 7.61. The summed E-state index contributed by atoms with van der Waals surface area (Å²) >= 11 is 0. The fourth-order valence-corrected chi connectivity index (χ4v) is 2.77. The average molecular weight is 490 g/mol. The first-order valence-electron chi connectivity index (χ1n) is 9.15. The van der Waals surface area contributed by atoms with Crippen molar-refractivity contribution in [1.29, 1.82) is 0 Å². The summed E-state index contributed by atoms with van der Waals surface area (Å²) in [6.07, 6.45) is 3.15. The molecule has 0 bridgehead atoms. The van der Waals surface area contributed by atoms with E-state index in [4.69, 9.17) is 9.47 Å². The minimum atomic E-state index is -0.0653. The largest absolute Gasteiger partial charge is 0.385 e. The molecule has 0 aliphatic carbocycles. The van der Waals surface area contributed by atoms with Gasteiger partial charge < -0.3 is 25.4 Å². The van der Waals surface area contributed by atoms with Gasteiger partial charge in [0.15, 0.2) is 5.96 Å². The first kappa shape index (κ1) is 23.6. The molecule has 0 saturated carbocycles. The molecule has 1 aromatic rings. The molecule has 1 aliphatic rings.